The summed E-state index contributed by atoms with van der Waals surface area (Å²) < 4.78 is 27.9. The second-order valence-corrected chi connectivity index (χ2v) is 9.84. The molecule has 0 aliphatic carbocycles. The number of hydrogen-bond donors (Lipinski definition) is 2. The number of amides is 2. The molecule has 2 aromatic carbocycles. The van der Waals surface area contributed by atoms with E-state index in [1.807, 2.05) is 18.2 Å². The van der Waals surface area contributed by atoms with Crippen molar-refractivity contribution in [3.05, 3.63) is 54.1 Å². The first-order chi connectivity index (χ1) is 15.4. The smallest absolute Gasteiger partial charge is 0.240 e. The number of nitrogens with zero attached hydrogens (tertiary/aromatic N) is 2. The monoisotopic (exact) mass is 456 g/mol. The first-order valence-corrected chi connectivity index (χ1v) is 12.4. The van der Waals surface area contributed by atoms with Gasteiger partial charge in [0.05, 0.1) is 4.90 Å². The SMILES string of the molecule is O=C1CCCc2cc(S(=O)(=O)NCCC(=O)N3CCN(c4ccccc4)CC3)ccc2N1. The Kier molecular flexibility index (Phi) is 6.76. The second-order valence-electron chi connectivity index (χ2n) is 8.07. The maximum Gasteiger partial charge on any atom is 0.240 e. The number of para-hydroxylation sites is 1. The van der Waals surface area contributed by atoms with Gasteiger partial charge in [0.1, 0.15) is 0 Å². The zero-order valence-electron chi connectivity index (χ0n) is 17.9. The van der Waals surface area contributed by atoms with Crippen molar-refractivity contribution >= 4 is 33.2 Å². The van der Waals surface area contributed by atoms with Crippen LogP contribution in [-0.2, 0) is 26.0 Å². The molecule has 1 fully saturated rings. The Bertz CT molecular complexity index is 1080. The van der Waals surface area contributed by atoms with Crippen LogP contribution in [0.25, 0.3) is 0 Å². The minimum atomic E-state index is -3.73. The predicted octanol–water partition coefficient (Wildman–Crippen LogP) is 1.98. The van der Waals surface area contributed by atoms with Gasteiger partial charge in [-0.25, -0.2) is 13.1 Å². The third-order valence-electron chi connectivity index (χ3n) is 5.90. The van der Waals surface area contributed by atoms with Gasteiger partial charge in [-0.1, -0.05) is 18.2 Å². The number of hydrogen-bond acceptors (Lipinski definition) is 5. The molecule has 0 bridgehead atoms. The molecule has 2 amide bonds. The van der Waals surface area contributed by atoms with Gasteiger partial charge >= 0.3 is 0 Å². The third kappa shape index (κ3) is 5.28. The van der Waals surface area contributed by atoms with Crippen LogP contribution in [0.1, 0.15) is 24.8 Å². The number of anilines is 2. The summed E-state index contributed by atoms with van der Waals surface area (Å²) >= 11 is 0. The normalized spacial score (nSPS) is 16.8. The highest BCUT2D eigenvalue weighted by Gasteiger charge is 2.22. The molecule has 0 aromatic heterocycles. The molecule has 9 heteroatoms. The minimum Gasteiger partial charge on any atom is -0.368 e. The minimum absolute atomic E-state index is 0.0495. The Morgan fingerprint density at radius 3 is 2.50 bits per heavy atom. The van der Waals surface area contributed by atoms with E-state index in [0.29, 0.717) is 38.0 Å². The quantitative estimate of drug-likeness (QED) is 0.693. The molecule has 2 aromatic rings. The molecule has 32 heavy (non-hydrogen) atoms. The summed E-state index contributed by atoms with van der Waals surface area (Å²) in [7, 11) is -3.73. The van der Waals surface area contributed by atoms with Crippen LogP contribution in [0.5, 0.6) is 0 Å². The maximum absolute atomic E-state index is 12.7. The number of aryl methyl sites for hydroxylation is 1. The fourth-order valence-corrected chi connectivity index (χ4v) is 5.19. The summed E-state index contributed by atoms with van der Waals surface area (Å²) in [5.41, 5.74) is 2.62. The van der Waals surface area contributed by atoms with E-state index >= 15 is 0 Å². The molecule has 2 heterocycles. The van der Waals surface area contributed by atoms with E-state index in [4.69, 9.17) is 0 Å². The molecular formula is C23H28N4O4S. The van der Waals surface area contributed by atoms with Crippen molar-refractivity contribution in [3.63, 3.8) is 0 Å². The number of piperazine rings is 1. The van der Waals surface area contributed by atoms with Crippen LogP contribution in [0.4, 0.5) is 11.4 Å². The zero-order valence-corrected chi connectivity index (χ0v) is 18.7. The van der Waals surface area contributed by atoms with Crippen molar-refractivity contribution in [2.45, 2.75) is 30.6 Å². The lowest BCUT2D eigenvalue weighted by Gasteiger charge is -2.36. The van der Waals surface area contributed by atoms with Crippen molar-refractivity contribution < 1.29 is 18.0 Å². The number of carbonyl (C=O) groups excluding carboxylic acids is 2. The average molecular weight is 457 g/mol. The molecule has 2 N–H and O–H groups in total. The Labute approximate surface area is 188 Å². The molecule has 2 aliphatic heterocycles. The Hall–Kier alpha value is -2.91. The summed E-state index contributed by atoms with van der Waals surface area (Å²) in [4.78, 5) is 28.4. The van der Waals surface area contributed by atoms with E-state index < -0.39 is 10.0 Å². The third-order valence-corrected chi connectivity index (χ3v) is 7.35. The zero-order chi connectivity index (χ0) is 22.6. The fraction of sp³-hybridized carbons (Fsp3) is 0.391. The van der Waals surface area contributed by atoms with Gasteiger partial charge in [-0.05, 0) is 48.7 Å². The lowest BCUT2D eigenvalue weighted by Crippen LogP contribution is -2.49. The number of nitrogens with one attached hydrogen (secondary N) is 2. The van der Waals surface area contributed by atoms with Crippen LogP contribution in [0.2, 0.25) is 0 Å². The molecule has 4 rings (SSSR count). The number of carbonyl (C=O) groups is 2. The maximum atomic E-state index is 12.7. The van der Waals surface area contributed by atoms with E-state index in [1.165, 1.54) is 6.07 Å². The highest BCUT2D eigenvalue weighted by atomic mass is 32.2. The number of fused-ring (bicyclic) bond motifs is 1. The molecule has 2 aliphatic rings. The van der Waals surface area contributed by atoms with Crippen molar-refractivity contribution in [1.82, 2.24) is 9.62 Å². The largest absolute Gasteiger partial charge is 0.368 e. The lowest BCUT2D eigenvalue weighted by atomic mass is 10.1. The standard InChI is InChI=1S/C23H28N4O4S/c28-22-8-4-5-18-17-20(9-10-21(18)25-22)32(30,31)24-12-11-23(29)27-15-13-26(14-16-27)19-6-2-1-3-7-19/h1-3,6-7,9-10,17,24H,4-5,8,11-16H2,(H,25,28). The molecule has 1 saturated heterocycles. The van der Waals surface area contributed by atoms with Crippen molar-refractivity contribution in [3.8, 4) is 0 Å². The van der Waals surface area contributed by atoms with Crippen LogP contribution in [-0.4, -0.2) is 57.9 Å². The molecule has 0 spiro atoms. The first-order valence-electron chi connectivity index (χ1n) is 10.9. The summed E-state index contributed by atoms with van der Waals surface area (Å²) in [6.07, 6.45) is 1.87. The van der Waals surface area contributed by atoms with Crippen LogP contribution < -0.4 is 14.9 Å². The van der Waals surface area contributed by atoms with Crippen molar-refractivity contribution in [2.75, 3.05) is 42.9 Å². The summed E-state index contributed by atoms with van der Waals surface area (Å²) in [6, 6.07) is 14.8. The summed E-state index contributed by atoms with van der Waals surface area (Å²) in [5.74, 6) is -0.106. The van der Waals surface area contributed by atoms with Crippen LogP contribution in [0, 0.1) is 0 Å². The molecule has 170 valence electrons. The van der Waals surface area contributed by atoms with Crippen LogP contribution >= 0.6 is 0 Å². The van der Waals surface area contributed by atoms with Gasteiger partial charge in [0.25, 0.3) is 0 Å². The van der Waals surface area contributed by atoms with Gasteiger partial charge in [0.15, 0.2) is 0 Å². The van der Waals surface area contributed by atoms with Gasteiger partial charge < -0.3 is 15.1 Å². The Morgan fingerprint density at radius 1 is 1.00 bits per heavy atom. The van der Waals surface area contributed by atoms with Crippen LogP contribution in [0.3, 0.4) is 0 Å². The van der Waals surface area contributed by atoms with Gasteiger partial charge in [-0.2, -0.15) is 0 Å². The number of rotatable bonds is 6. The molecular weight excluding hydrogens is 428 g/mol. The van der Waals surface area contributed by atoms with E-state index in [-0.39, 0.29) is 29.7 Å². The fourth-order valence-electron chi connectivity index (χ4n) is 4.10. The van der Waals surface area contributed by atoms with Crippen molar-refractivity contribution in [2.24, 2.45) is 0 Å². The van der Waals surface area contributed by atoms with Crippen LogP contribution in [0.15, 0.2) is 53.4 Å². The second kappa shape index (κ2) is 9.70. The predicted molar refractivity (Wildman–Crippen MR) is 123 cm³/mol. The molecule has 0 radical (unpaired) electrons. The topological polar surface area (TPSA) is 98.8 Å². The Balaban J connectivity index is 1.28. The van der Waals surface area contributed by atoms with Gasteiger partial charge in [0.2, 0.25) is 21.8 Å². The Morgan fingerprint density at radius 2 is 1.75 bits per heavy atom. The molecule has 0 atom stereocenters. The van der Waals surface area contributed by atoms with Crippen molar-refractivity contribution in [1.29, 1.82) is 0 Å². The highest BCUT2D eigenvalue weighted by molar-refractivity contribution is 7.89. The van der Waals surface area contributed by atoms with Gasteiger partial charge in [-0.15, -0.1) is 0 Å². The molecule has 0 saturated carbocycles. The van der Waals surface area contributed by atoms with Gasteiger partial charge in [-0.3, -0.25) is 9.59 Å². The summed E-state index contributed by atoms with van der Waals surface area (Å²) in [6.45, 7) is 2.81. The number of benzene rings is 2. The van der Waals surface area contributed by atoms with E-state index in [1.54, 1.807) is 17.0 Å². The van der Waals surface area contributed by atoms with E-state index in [0.717, 1.165) is 24.3 Å². The molecule has 0 unspecified atom stereocenters. The number of sulfonamides is 1. The summed E-state index contributed by atoms with van der Waals surface area (Å²) in [5, 5.41) is 2.80. The lowest BCUT2D eigenvalue weighted by molar-refractivity contribution is -0.131. The highest BCUT2D eigenvalue weighted by Crippen LogP contribution is 2.25. The van der Waals surface area contributed by atoms with Gasteiger partial charge in [0, 0.05) is 56.9 Å². The average Bonchev–Trinajstić information content (AvgIpc) is 2.99. The first kappa shape index (κ1) is 22.3. The van der Waals surface area contributed by atoms with E-state index in [9.17, 15) is 18.0 Å². The molecule has 8 nitrogen and oxygen atoms in total. The van der Waals surface area contributed by atoms with E-state index in [2.05, 4.69) is 27.1 Å².